The van der Waals surface area contributed by atoms with Gasteiger partial charge >= 0.3 is 0 Å². The van der Waals surface area contributed by atoms with Gasteiger partial charge in [-0.1, -0.05) is 44.2 Å². The Morgan fingerprint density at radius 3 is 2.35 bits per heavy atom. The first-order valence-electron chi connectivity index (χ1n) is 7.25. The second-order valence-corrected chi connectivity index (χ2v) is 7.55. The molecule has 0 amide bonds. The number of nitrogens with two attached hydrogens (primary N) is 1. The average Bonchev–Trinajstić information content (AvgIpc) is 2.47. The molecule has 0 heterocycles. The van der Waals surface area contributed by atoms with E-state index >= 15 is 0 Å². The molecule has 0 aromatic heterocycles. The summed E-state index contributed by atoms with van der Waals surface area (Å²) in [5, 5.41) is 0. The maximum absolute atomic E-state index is 11.5. The van der Waals surface area contributed by atoms with Gasteiger partial charge in [0.1, 0.15) is 9.84 Å². The van der Waals surface area contributed by atoms with Crippen LogP contribution in [0.2, 0.25) is 0 Å². The first-order chi connectivity index (χ1) is 9.54. The number of rotatable bonds is 9. The summed E-state index contributed by atoms with van der Waals surface area (Å²) in [6, 6.07) is 10.3. The molecule has 114 valence electrons. The fourth-order valence-electron chi connectivity index (χ4n) is 2.52. The zero-order valence-corrected chi connectivity index (χ0v) is 13.2. The van der Waals surface area contributed by atoms with E-state index in [2.05, 4.69) is 24.5 Å². The second kappa shape index (κ2) is 8.39. The SMILES string of the molecule is CCC(c1ccccc1)C(CCCS(=O)(=O)CC)NN. The van der Waals surface area contributed by atoms with Crippen molar-refractivity contribution in [3.63, 3.8) is 0 Å². The van der Waals surface area contributed by atoms with Gasteiger partial charge in [0.05, 0.1) is 5.75 Å². The lowest BCUT2D eigenvalue weighted by Crippen LogP contribution is -2.40. The van der Waals surface area contributed by atoms with Crippen molar-refractivity contribution < 1.29 is 8.42 Å². The van der Waals surface area contributed by atoms with Crippen LogP contribution in [0.15, 0.2) is 30.3 Å². The summed E-state index contributed by atoms with van der Waals surface area (Å²) in [5.41, 5.74) is 4.11. The van der Waals surface area contributed by atoms with Crippen molar-refractivity contribution >= 4 is 9.84 Å². The summed E-state index contributed by atoms with van der Waals surface area (Å²) >= 11 is 0. The topological polar surface area (TPSA) is 72.2 Å². The lowest BCUT2D eigenvalue weighted by molar-refractivity contribution is 0.403. The van der Waals surface area contributed by atoms with E-state index in [-0.39, 0.29) is 17.5 Å². The number of hydrazine groups is 1. The third-order valence-corrected chi connectivity index (χ3v) is 5.57. The highest BCUT2D eigenvalue weighted by Gasteiger charge is 2.21. The minimum Gasteiger partial charge on any atom is -0.271 e. The summed E-state index contributed by atoms with van der Waals surface area (Å²) < 4.78 is 23.1. The second-order valence-electron chi connectivity index (χ2n) is 5.08. The highest BCUT2D eigenvalue weighted by Crippen LogP contribution is 2.25. The highest BCUT2D eigenvalue weighted by molar-refractivity contribution is 7.91. The minimum atomic E-state index is -2.89. The van der Waals surface area contributed by atoms with Crippen LogP contribution < -0.4 is 11.3 Å². The maximum Gasteiger partial charge on any atom is 0.150 e. The van der Waals surface area contributed by atoms with Gasteiger partial charge in [0.25, 0.3) is 0 Å². The van der Waals surface area contributed by atoms with Crippen LogP contribution in [0.1, 0.15) is 44.6 Å². The quantitative estimate of drug-likeness (QED) is 0.541. The standard InChI is InChI=1S/C15H26N2O2S/c1-3-14(13-9-6-5-7-10-13)15(17-16)11-8-12-20(18,19)4-2/h5-7,9-10,14-15,17H,3-4,8,11-12,16H2,1-2H3. The van der Waals surface area contributed by atoms with Gasteiger partial charge in [-0.25, -0.2) is 8.42 Å². The minimum absolute atomic E-state index is 0.106. The fourth-order valence-corrected chi connectivity index (χ4v) is 3.42. The third-order valence-electron chi connectivity index (χ3n) is 3.78. The van der Waals surface area contributed by atoms with E-state index in [1.54, 1.807) is 6.92 Å². The van der Waals surface area contributed by atoms with Crippen LogP contribution in [-0.2, 0) is 9.84 Å². The Hall–Kier alpha value is -0.910. The van der Waals surface area contributed by atoms with Gasteiger partial charge in [-0.05, 0) is 24.8 Å². The Morgan fingerprint density at radius 2 is 1.85 bits per heavy atom. The van der Waals surface area contributed by atoms with E-state index in [1.807, 2.05) is 18.2 Å². The largest absolute Gasteiger partial charge is 0.271 e. The first-order valence-corrected chi connectivity index (χ1v) is 9.07. The molecule has 0 saturated heterocycles. The van der Waals surface area contributed by atoms with E-state index in [0.29, 0.717) is 12.3 Å². The van der Waals surface area contributed by atoms with Crippen LogP contribution in [0.4, 0.5) is 0 Å². The Bertz CT molecular complexity index is 474. The molecule has 3 N–H and O–H groups in total. The molecule has 0 aliphatic carbocycles. The van der Waals surface area contributed by atoms with Gasteiger partial charge in [-0.15, -0.1) is 0 Å². The van der Waals surface area contributed by atoms with E-state index < -0.39 is 9.84 Å². The van der Waals surface area contributed by atoms with E-state index in [0.717, 1.165) is 12.8 Å². The van der Waals surface area contributed by atoms with Crippen LogP contribution in [0, 0.1) is 0 Å². The van der Waals surface area contributed by atoms with Crippen LogP contribution in [-0.4, -0.2) is 26.0 Å². The van der Waals surface area contributed by atoms with Gasteiger partial charge in [-0.2, -0.15) is 0 Å². The summed E-state index contributed by atoms with van der Waals surface area (Å²) in [4.78, 5) is 0. The molecule has 0 fully saturated rings. The zero-order chi connectivity index (χ0) is 15.0. The predicted molar refractivity (Wildman–Crippen MR) is 84.1 cm³/mol. The molecular formula is C15H26N2O2S. The van der Waals surface area contributed by atoms with Crippen LogP contribution in [0.3, 0.4) is 0 Å². The van der Waals surface area contributed by atoms with Crippen molar-refractivity contribution in [1.29, 1.82) is 0 Å². The molecule has 2 unspecified atom stereocenters. The Morgan fingerprint density at radius 1 is 1.20 bits per heavy atom. The van der Waals surface area contributed by atoms with Gasteiger partial charge in [0.2, 0.25) is 0 Å². The fraction of sp³-hybridized carbons (Fsp3) is 0.600. The summed E-state index contributed by atoms with van der Waals surface area (Å²) in [7, 11) is -2.89. The van der Waals surface area contributed by atoms with Crippen LogP contribution in [0.25, 0.3) is 0 Å². The number of sulfone groups is 1. The summed E-state index contributed by atoms with van der Waals surface area (Å²) in [6.45, 7) is 3.82. The van der Waals surface area contributed by atoms with Gasteiger partial charge in [0.15, 0.2) is 0 Å². The number of nitrogens with one attached hydrogen (secondary N) is 1. The lowest BCUT2D eigenvalue weighted by atomic mass is 9.87. The van der Waals surface area contributed by atoms with Crippen molar-refractivity contribution in [3.8, 4) is 0 Å². The molecule has 1 aromatic rings. The molecule has 0 saturated carbocycles. The molecular weight excluding hydrogens is 272 g/mol. The van der Waals surface area contributed by atoms with Crippen molar-refractivity contribution in [2.75, 3.05) is 11.5 Å². The molecule has 2 atom stereocenters. The maximum atomic E-state index is 11.5. The third kappa shape index (κ3) is 5.23. The Balaban J connectivity index is 2.64. The molecule has 1 aromatic carbocycles. The first kappa shape index (κ1) is 17.1. The average molecular weight is 298 g/mol. The summed E-state index contributed by atoms with van der Waals surface area (Å²) in [6.07, 6.45) is 2.39. The Labute approximate surface area is 122 Å². The van der Waals surface area contributed by atoms with Gasteiger partial charge in [-0.3, -0.25) is 11.3 Å². The van der Waals surface area contributed by atoms with E-state index in [9.17, 15) is 8.42 Å². The number of hydrogen-bond donors (Lipinski definition) is 2. The smallest absolute Gasteiger partial charge is 0.150 e. The normalized spacial score (nSPS) is 14.9. The van der Waals surface area contributed by atoms with Crippen LogP contribution in [0.5, 0.6) is 0 Å². The van der Waals surface area contributed by atoms with Gasteiger partial charge < -0.3 is 0 Å². The lowest BCUT2D eigenvalue weighted by Gasteiger charge is -2.26. The van der Waals surface area contributed by atoms with Crippen molar-refractivity contribution in [1.82, 2.24) is 5.43 Å². The Kier molecular flexibility index (Phi) is 7.19. The number of hydrogen-bond acceptors (Lipinski definition) is 4. The molecule has 0 radical (unpaired) electrons. The van der Waals surface area contributed by atoms with Crippen molar-refractivity contribution in [2.45, 2.75) is 45.1 Å². The van der Waals surface area contributed by atoms with Gasteiger partial charge in [0, 0.05) is 17.7 Å². The van der Waals surface area contributed by atoms with Crippen molar-refractivity contribution in [3.05, 3.63) is 35.9 Å². The molecule has 0 bridgehead atoms. The van der Waals surface area contributed by atoms with E-state index in [1.165, 1.54) is 5.56 Å². The van der Waals surface area contributed by atoms with Crippen LogP contribution >= 0.6 is 0 Å². The molecule has 20 heavy (non-hydrogen) atoms. The van der Waals surface area contributed by atoms with Crippen molar-refractivity contribution in [2.24, 2.45) is 5.84 Å². The molecule has 0 aliphatic rings. The molecule has 4 nitrogen and oxygen atoms in total. The molecule has 0 spiro atoms. The highest BCUT2D eigenvalue weighted by atomic mass is 32.2. The monoisotopic (exact) mass is 298 g/mol. The molecule has 0 aliphatic heterocycles. The number of benzene rings is 1. The zero-order valence-electron chi connectivity index (χ0n) is 12.4. The predicted octanol–water partition coefficient (Wildman–Crippen LogP) is 2.23. The summed E-state index contributed by atoms with van der Waals surface area (Å²) in [5.74, 6) is 6.44. The molecule has 5 heteroatoms. The molecule has 1 rings (SSSR count). The van der Waals surface area contributed by atoms with E-state index in [4.69, 9.17) is 5.84 Å².